The van der Waals surface area contributed by atoms with Gasteiger partial charge in [0, 0.05) is 61.1 Å². The molecular formula is C31H28ClN7OS2. The number of hydrogen-bond donors (Lipinski definition) is 0. The van der Waals surface area contributed by atoms with Crippen LogP contribution >= 0.6 is 34.7 Å². The van der Waals surface area contributed by atoms with Gasteiger partial charge in [-0.25, -0.2) is 4.98 Å². The summed E-state index contributed by atoms with van der Waals surface area (Å²) in [6.45, 7) is 3.95. The lowest BCUT2D eigenvalue weighted by molar-refractivity contribution is 0.0645. The van der Waals surface area contributed by atoms with Crippen LogP contribution in [0.15, 0.2) is 95.7 Å². The van der Waals surface area contributed by atoms with E-state index in [4.69, 9.17) is 11.6 Å². The molecule has 0 atom stereocenters. The molecule has 0 aliphatic carbocycles. The van der Waals surface area contributed by atoms with E-state index in [-0.39, 0.29) is 5.91 Å². The number of halogens is 1. The summed E-state index contributed by atoms with van der Waals surface area (Å²) in [6, 6.07) is 21.7. The molecule has 0 saturated carbocycles. The van der Waals surface area contributed by atoms with Gasteiger partial charge < -0.3 is 4.90 Å². The summed E-state index contributed by atoms with van der Waals surface area (Å²) in [6.07, 6.45) is 7.82. The van der Waals surface area contributed by atoms with Crippen molar-refractivity contribution in [3.8, 4) is 17.1 Å². The second-order valence-corrected chi connectivity index (χ2v) is 12.0. The van der Waals surface area contributed by atoms with Crippen molar-refractivity contribution in [2.75, 3.05) is 32.7 Å². The molecule has 212 valence electrons. The zero-order valence-corrected chi connectivity index (χ0v) is 25.1. The van der Waals surface area contributed by atoms with E-state index in [1.165, 1.54) is 28.7 Å². The molecule has 0 radical (unpaired) electrons. The molecule has 0 unspecified atom stereocenters. The number of benzene rings is 2. The minimum Gasteiger partial charge on any atom is -0.335 e. The Bertz CT molecular complexity index is 1670. The minimum atomic E-state index is -0.0112. The van der Waals surface area contributed by atoms with Crippen LogP contribution in [-0.2, 0) is 5.75 Å². The van der Waals surface area contributed by atoms with Gasteiger partial charge in [0.25, 0.3) is 5.91 Å². The SMILES string of the molecule is O=C(c1csc(CSc2nnc(-c3cccnc3)n2-c2cccc(Cl)c2)n1)N1CCN(CC=Cc2ccccc2)CC1. The third-order valence-corrected chi connectivity index (χ3v) is 9.05. The number of piperazine rings is 1. The van der Waals surface area contributed by atoms with Crippen molar-refractivity contribution >= 4 is 46.7 Å². The molecule has 5 aromatic rings. The van der Waals surface area contributed by atoms with Crippen LogP contribution in [0, 0.1) is 0 Å². The summed E-state index contributed by atoms with van der Waals surface area (Å²) in [5, 5.41) is 13.0. The van der Waals surface area contributed by atoms with Crippen LogP contribution in [0.3, 0.4) is 0 Å². The predicted octanol–water partition coefficient (Wildman–Crippen LogP) is 6.20. The number of amides is 1. The number of rotatable bonds is 9. The Labute approximate surface area is 257 Å². The molecule has 0 N–H and O–H groups in total. The van der Waals surface area contributed by atoms with Gasteiger partial charge in [-0.2, -0.15) is 0 Å². The highest BCUT2D eigenvalue weighted by molar-refractivity contribution is 7.98. The van der Waals surface area contributed by atoms with Gasteiger partial charge in [-0.15, -0.1) is 21.5 Å². The number of thioether (sulfide) groups is 1. The van der Waals surface area contributed by atoms with Gasteiger partial charge in [-0.1, -0.05) is 71.9 Å². The summed E-state index contributed by atoms with van der Waals surface area (Å²) >= 11 is 9.32. The Kier molecular flexibility index (Phi) is 9.05. The second-order valence-electron chi connectivity index (χ2n) is 9.68. The smallest absolute Gasteiger partial charge is 0.273 e. The molecule has 42 heavy (non-hydrogen) atoms. The molecule has 4 heterocycles. The van der Waals surface area contributed by atoms with E-state index in [9.17, 15) is 4.79 Å². The van der Waals surface area contributed by atoms with Crippen LogP contribution in [0.1, 0.15) is 21.1 Å². The molecule has 0 spiro atoms. The number of pyridine rings is 1. The molecule has 1 fully saturated rings. The van der Waals surface area contributed by atoms with Crippen LogP contribution in [0.25, 0.3) is 23.2 Å². The molecule has 0 bridgehead atoms. The maximum Gasteiger partial charge on any atom is 0.273 e. The van der Waals surface area contributed by atoms with E-state index in [0.717, 1.165) is 35.9 Å². The maximum absolute atomic E-state index is 13.2. The fourth-order valence-electron chi connectivity index (χ4n) is 4.69. The third-order valence-electron chi connectivity index (χ3n) is 6.85. The van der Waals surface area contributed by atoms with E-state index in [1.54, 1.807) is 12.4 Å². The van der Waals surface area contributed by atoms with Crippen molar-refractivity contribution in [1.82, 2.24) is 34.5 Å². The van der Waals surface area contributed by atoms with Gasteiger partial charge in [-0.05, 0) is 35.9 Å². The maximum atomic E-state index is 13.2. The summed E-state index contributed by atoms with van der Waals surface area (Å²) < 4.78 is 1.97. The van der Waals surface area contributed by atoms with Crippen LogP contribution in [0.5, 0.6) is 0 Å². The van der Waals surface area contributed by atoms with Crippen molar-refractivity contribution in [3.05, 3.63) is 112 Å². The average molecular weight is 614 g/mol. The van der Waals surface area contributed by atoms with Crippen LogP contribution in [0.4, 0.5) is 0 Å². The molecule has 6 rings (SSSR count). The number of nitrogens with zero attached hydrogens (tertiary/aromatic N) is 7. The van der Waals surface area contributed by atoms with Crippen molar-refractivity contribution in [2.45, 2.75) is 10.9 Å². The summed E-state index contributed by atoms with van der Waals surface area (Å²) in [7, 11) is 0. The van der Waals surface area contributed by atoms with E-state index in [2.05, 4.69) is 49.4 Å². The number of carbonyl (C=O) groups excluding carboxylic acids is 1. The quantitative estimate of drug-likeness (QED) is 0.183. The number of hydrogen-bond acceptors (Lipinski definition) is 8. The highest BCUT2D eigenvalue weighted by atomic mass is 35.5. The number of aromatic nitrogens is 5. The molecule has 8 nitrogen and oxygen atoms in total. The van der Waals surface area contributed by atoms with Gasteiger partial charge in [0.05, 0.1) is 11.4 Å². The zero-order valence-electron chi connectivity index (χ0n) is 22.7. The molecule has 3 aromatic heterocycles. The van der Waals surface area contributed by atoms with Gasteiger partial charge in [0.1, 0.15) is 10.7 Å². The first kappa shape index (κ1) is 28.3. The first-order valence-electron chi connectivity index (χ1n) is 13.6. The predicted molar refractivity (Wildman–Crippen MR) is 169 cm³/mol. The molecule has 1 aliphatic heterocycles. The van der Waals surface area contributed by atoms with Crippen LogP contribution in [-0.4, -0.2) is 73.2 Å². The Morgan fingerprint density at radius 1 is 1.00 bits per heavy atom. The fourth-order valence-corrected chi connectivity index (χ4v) is 6.62. The summed E-state index contributed by atoms with van der Waals surface area (Å²) in [4.78, 5) is 26.4. The lowest BCUT2D eigenvalue weighted by Gasteiger charge is -2.33. The summed E-state index contributed by atoms with van der Waals surface area (Å²) in [5.41, 5.74) is 3.41. The standard InChI is InChI=1S/C31H28ClN7OS2/c32-25-11-4-12-26(19-25)39-29(24-10-5-13-33-20-24)35-36-31(39)42-22-28-34-27(21-41-28)30(40)38-17-15-37(16-18-38)14-6-9-23-7-2-1-3-8-23/h1-13,19-21H,14-18,22H2. The van der Waals surface area contributed by atoms with E-state index >= 15 is 0 Å². The fraction of sp³-hybridized carbons (Fsp3) is 0.194. The molecule has 1 aliphatic rings. The van der Waals surface area contributed by atoms with Crippen molar-refractivity contribution < 1.29 is 4.79 Å². The monoisotopic (exact) mass is 613 g/mol. The average Bonchev–Trinajstić information content (AvgIpc) is 3.69. The Morgan fingerprint density at radius 3 is 2.64 bits per heavy atom. The van der Waals surface area contributed by atoms with Gasteiger partial charge in [-0.3, -0.25) is 19.2 Å². The lowest BCUT2D eigenvalue weighted by atomic mass is 10.2. The topological polar surface area (TPSA) is 80.0 Å². The second kappa shape index (κ2) is 13.4. The third kappa shape index (κ3) is 6.79. The van der Waals surface area contributed by atoms with Gasteiger partial charge >= 0.3 is 0 Å². The van der Waals surface area contributed by atoms with Crippen LogP contribution < -0.4 is 0 Å². The molecule has 1 saturated heterocycles. The van der Waals surface area contributed by atoms with Gasteiger partial charge in [0.2, 0.25) is 0 Å². The van der Waals surface area contributed by atoms with E-state index < -0.39 is 0 Å². The Hall–Kier alpha value is -3.83. The highest BCUT2D eigenvalue weighted by Crippen LogP contribution is 2.31. The van der Waals surface area contributed by atoms with Gasteiger partial charge in [0.15, 0.2) is 11.0 Å². The van der Waals surface area contributed by atoms with Crippen molar-refractivity contribution in [3.63, 3.8) is 0 Å². The number of thiazole rings is 1. The molecule has 2 aromatic carbocycles. The Balaban J connectivity index is 1.08. The van der Waals surface area contributed by atoms with E-state index in [1.807, 2.05) is 69.4 Å². The van der Waals surface area contributed by atoms with Crippen molar-refractivity contribution in [2.24, 2.45) is 0 Å². The van der Waals surface area contributed by atoms with Crippen LogP contribution in [0.2, 0.25) is 5.02 Å². The summed E-state index contributed by atoms with van der Waals surface area (Å²) in [5.74, 6) is 1.23. The van der Waals surface area contributed by atoms with E-state index in [0.29, 0.717) is 40.5 Å². The zero-order chi connectivity index (χ0) is 28.7. The normalized spacial score (nSPS) is 14.1. The first-order valence-corrected chi connectivity index (χ1v) is 15.8. The molecular weight excluding hydrogens is 586 g/mol. The largest absolute Gasteiger partial charge is 0.335 e. The molecule has 1 amide bonds. The number of carbonyl (C=O) groups is 1. The Morgan fingerprint density at radius 2 is 1.86 bits per heavy atom. The minimum absolute atomic E-state index is 0.0112. The molecule has 11 heteroatoms. The lowest BCUT2D eigenvalue weighted by Crippen LogP contribution is -2.48. The first-order chi connectivity index (χ1) is 20.6. The van der Waals surface area contributed by atoms with Crippen molar-refractivity contribution in [1.29, 1.82) is 0 Å². The highest BCUT2D eigenvalue weighted by Gasteiger charge is 2.24.